The summed E-state index contributed by atoms with van der Waals surface area (Å²) >= 11 is 1.34. The van der Waals surface area contributed by atoms with Crippen LogP contribution in [0.25, 0.3) is 0 Å². The van der Waals surface area contributed by atoms with Gasteiger partial charge in [0.1, 0.15) is 5.00 Å². The number of carbonyl (C=O) groups is 3. The fraction of sp³-hybridized carbons (Fsp3) is 0.350. The maximum Gasteiger partial charge on any atom is 0.338 e. The summed E-state index contributed by atoms with van der Waals surface area (Å²) in [6.07, 6.45) is 2.61. The maximum atomic E-state index is 12.3. The number of hydrogen-bond acceptors (Lipinski definition) is 7. The minimum absolute atomic E-state index is 0.228. The average Bonchev–Trinajstić information content (AvgIpc) is 3.27. The largest absolute Gasteiger partial charge is 0.493 e. The molecule has 0 fully saturated rings. The number of methoxy groups -OCH3 is 1. The van der Waals surface area contributed by atoms with Crippen LogP contribution in [0.3, 0.4) is 0 Å². The molecule has 8 nitrogen and oxygen atoms in total. The highest BCUT2D eigenvalue weighted by Gasteiger charge is 2.26. The molecule has 0 saturated carbocycles. The molecular weight excluding hydrogens is 396 g/mol. The number of aryl methyl sites for hydroxylation is 1. The van der Waals surface area contributed by atoms with Crippen molar-refractivity contribution in [2.45, 2.75) is 26.2 Å². The van der Waals surface area contributed by atoms with Crippen molar-refractivity contribution in [1.29, 1.82) is 0 Å². The quantitative estimate of drug-likeness (QED) is 0.636. The first-order valence-electron chi connectivity index (χ1n) is 9.16. The van der Waals surface area contributed by atoms with Crippen molar-refractivity contribution in [3.8, 4) is 11.5 Å². The van der Waals surface area contributed by atoms with Gasteiger partial charge in [-0.1, -0.05) is 0 Å². The van der Waals surface area contributed by atoms with Gasteiger partial charge >= 0.3 is 5.97 Å². The molecule has 2 aromatic rings. The number of carbonyl (C=O) groups excluding carboxylic acids is 3. The minimum Gasteiger partial charge on any atom is -0.493 e. The molecule has 1 aromatic heterocycles. The van der Waals surface area contributed by atoms with Crippen LogP contribution in [-0.2, 0) is 22.4 Å². The second-order valence-electron chi connectivity index (χ2n) is 6.35. The van der Waals surface area contributed by atoms with Crippen LogP contribution >= 0.6 is 11.3 Å². The molecule has 0 aliphatic heterocycles. The van der Waals surface area contributed by atoms with E-state index >= 15 is 0 Å². The number of fused-ring (bicyclic) bond motifs is 1. The third kappa shape index (κ3) is 4.51. The summed E-state index contributed by atoms with van der Waals surface area (Å²) < 4.78 is 15.7. The SMILES string of the molecule is CCOc1ccc(C(=O)OCC(=O)Nc2sc3c(c2C(N)=O)CCC3)cc1OC. The highest BCUT2D eigenvalue weighted by Crippen LogP contribution is 2.38. The zero-order chi connectivity index (χ0) is 21.0. The zero-order valence-corrected chi connectivity index (χ0v) is 17.0. The second-order valence-corrected chi connectivity index (χ2v) is 7.45. The number of primary amides is 1. The number of amides is 2. The van der Waals surface area contributed by atoms with Crippen molar-refractivity contribution in [3.63, 3.8) is 0 Å². The first kappa shape index (κ1) is 20.7. The molecule has 29 heavy (non-hydrogen) atoms. The number of esters is 1. The van der Waals surface area contributed by atoms with Crippen LogP contribution in [0.4, 0.5) is 5.00 Å². The van der Waals surface area contributed by atoms with Crippen LogP contribution in [-0.4, -0.2) is 38.1 Å². The first-order valence-corrected chi connectivity index (χ1v) is 9.98. The Morgan fingerprint density at radius 2 is 2.00 bits per heavy atom. The number of rotatable bonds is 8. The molecule has 0 unspecified atom stereocenters. The van der Waals surface area contributed by atoms with Crippen LogP contribution < -0.4 is 20.5 Å². The monoisotopic (exact) mass is 418 g/mol. The molecule has 1 heterocycles. The molecule has 0 bridgehead atoms. The number of ether oxygens (including phenoxy) is 3. The van der Waals surface area contributed by atoms with Gasteiger partial charge in [0.15, 0.2) is 18.1 Å². The van der Waals surface area contributed by atoms with Gasteiger partial charge < -0.3 is 25.3 Å². The summed E-state index contributed by atoms with van der Waals surface area (Å²) in [5, 5.41) is 3.04. The van der Waals surface area contributed by atoms with Gasteiger partial charge in [-0.3, -0.25) is 9.59 Å². The Balaban J connectivity index is 1.63. The molecule has 0 radical (unpaired) electrons. The molecule has 1 aliphatic carbocycles. The number of benzene rings is 1. The Morgan fingerprint density at radius 1 is 1.21 bits per heavy atom. The normalized spacial score (nSPS) is 12.2. The van der Waals surface area contributed by atoms with Crippen molar-refractivity contribution in [2.24, 2.45) is 5.73 Å². The van der Waals surface area contributed by atoms with E-state index in [4.69, 9.17) is 19.9 Å². The Morgan fingerprint density at radius 3 is 2.69 bits per heavy atom. The third-order valence-electron chi connectivity index (χ3n) is 4.45. The van der Waals surface area contributed by atoms with Gasteiger partial charge in [-0.15, -0.1) is 11.3 Å². The Labute approximate surface area is 171 Å². The molecular formula is C20H22N2O6S. The Kier molecular flexibility index (Phi) is 6.38. The van der Waals surface area contributed by atoms with Crippen molar-refractivity contribution in [1.82, 2.24) is 0 Å². The molecule has 0 spiro atoms. The highest BCUT2D eigenvalue weighted by atomic mass is 32.1. The van der Waals surface area contributed by atoms with E-state index in [9.17, 15) is 14.4 Å². The third-order valence-corrected chi connectivity index (χ3v) is 5.66. The molecule has 3 rings (SSSR count). The van der Waals surface area contributed by atoms with Crippen molar-refractivity contribution < 1.29 is 28.6 Å². The molecule has 2 amide bonds. The summed E-state index contributed by atoms with van der Waals surface area (Å²) in [7, 11) is 1.47. The van der Waals surface area contributed by atoms with Gasteiger partial charge in [-0.2, -0.15) is 0 Å². The summed E-state index contributed by atoms with van der Waals surface area (Å²) in [6.45, 7) is 1.81. The predicted molar refractivity (Wildman–Crippen MR) is 108 cm³/mol. The Hall–Kier alpha value is -3.07. The molecule has 1 aromatic carbocycles. The van der Waals surface area contributed by atoms with E-state index in [1.165, 1.54) is 30.6 Å². The number of nitrogens with one attached hydrogen (secondary N) is 1. The van der Waals surface area contributed by atoms with E-state index in [0.29, 0.717) is 28.7 Å². The van der Waals surface area contributed by atoms with Gasteiger partial charge in [0.2, 0.25) is 0 Å². The van der Waals surface area contributed by atoms with Crippen LogP contribution in [0.15, 0.2) is 18.2 Å². The number of nitrogens with two attached hydrogens (primary N) is 1. The zero-order valence-electron chi connectivity index (χ0n) is 16.2. The van der Waals surface area contributed by atoms with Crippen molar-refractivity contribution in [3.05, 3.63) is 39.8 Å². The van der Waals surface area contributed by atoms with E-state index < -0.39 is 24.4 Å². The number of thiophene rings is 1. The molecule has 0 atom stereocenters. The van der Waals surface area contributed by atoms with E-state index in [2.05, 4.69) is 5.32 Å². The second kappa shape index (κ2) is 8.95. The average molecular weight is 418 g/mol. The first-order chi connectivity index (χ1) is 13.9. The van der Waals surface area contributed by atoms with E-state index in [-0.39, 0.29) is 5.56 Å². The lowest BCUT2D eigenvalue weighted by molar-refractivity contribution is -0.119. The van der Waals surface area contributed by atoms with E-state index in [1.54, 1.807) is 6.07 Å². The minimum atomic E-state index is -0.676. The standard InChI is InChI=1S/C20H22N2O6S/c1-3-27-13-8-7-11(9-14(13)26-2)20(25)28-10-16(23)22-19-17(18(21)24)12-5-4-6-15(12)29-19/h7-9H,3-6,10H2,1-2H3,(H2,21,24)(H,22,23). The van der Waals surface area contributed by atoms with Gasteiger partial charge in [-0.25, -0.2) is 4.79 Å². The maximum absolute atomic E-state index is 12.3. The fourth-order valence-electron chi connectivity index (χ4n) is 3.20. The van der Waals surface area contributed by atoms with E-state index in [0.717, 1.165) is 29.7 Å². The van der Waals surface area contributed by atoms with Crippen LogP contribution in [0.1, 0.15) is 44.5 Å². The van der Waals surface area contributed by atoms with Gasteiger partial charge in [0, 0.05) is 4.88 Å². The topological polar surface area (TPSA) is 117 Å². The molecule has 0 saturated heterocycles. The summed E-state index contributed by atoms with van der Waals surface area (Å²) in [4.78, 5) is 37.3. The van der Waals surface area contributed by atoms with Crippen LogP contribution in [0.2, 0.25) is 0 Å². The van der Waals surface area contributed by atoms with Gasteiger partial charge in [0.25, 0.3) is 11.8 Å². The lowest BCUT2D eigenvalue weighted by atomic mass is 10.1. The van der Waals surface area contributed by atoms with Crippen molar-refractivity contribution >= 4 is 34.1 Å². The summed E-state index contributed by atoms with van der Waals surface area (Å²) in [5.41, 5.74) is 6.98. The van der Waals surface area contributed by atoms with Crippen LogP contribution in [0, 0.1) is 0 Å². The molecule has 9 heteroatoms. The lowest BCUT2D eigenvalue weighted by Gasteiger charge is -2.11. The highest BCUT2D eigenvalue weighted by molar-refractivity contribution is 7.17. The van der Waals surface area contributed by atoms with E-state index in [1.807, 2.05) is 6.92 Å². The molecule has 154 valence electrons. The number of anilines is 1. The fourth-order valence-corrected chi connectivity index (χ4v) is 4.51. The van der Waals surface area contributed by atoms with Gasteiger partial charge in [-0.05, 0) is 49.9 Å². The van der Waals surface area contributed by atoms with Gasteiger partial charge in [0.05, 0.1) is 24.8 Å². The smallest absolute Gasteiger partial charge is 0.338 e. The molecule has 1 aliphatic rings. The summed E-state index contributed by atoms with van der Waals surface area (Å²) in [5.74, 6) is -0.888. The predicted octanol–water partition coefficient (Wildman–Crippen LogP) is 2.54. The molecule has 3 N–H and O–H groups in total. The Bertz CT molecular complexity index is 953. The van der Waals surface area contributed by atoms with Crippen LogP contribution in [0.5, 0.6) is 11.5 Å². The summed E-state index contributed by atoms with van der Waals surface area (Å²) in [6, 6.07) is 4.62. The van der Waals surface area contributed by atoms with Crippen molar-refractivity contribution in [2.75, 3.05) is 25.6 Å². The number of hydrogen-bond donors (Lipinski definition) is 2. The lowest BCUT2D eigenvalue weighted by Crippen LogP contribution is -2.22.